The van der Waals surface area contributed by atoms with E-state index < -0.39 is 0 Å². The van der Waals surface area contributed by atoms with Crippen LogP contribution in [0.4, 0.5) is 0 Å². The highest BCUT2D eigenvalue weighted by molar-refractivity contribution is 5.81. The molecule has 0 radical (unpaired) electrons. The van der Waals surface area contributed by atoms with E-state index in [9.17, 15) is 0 Å². The van der Waals surface area contributed by atoms with E-state index in [4.69, 9.17) is 4.74 Å². The summed E-state index contributed by atoms with van der Waals surface area (Å²) in [7, 11) is 2.04. The molecule has 0 bridgehead atoms. The first-order chi connectivity index (χ1) is 11.2. The summed E-state index contributed by atoms with van der Waals surface area (Å²) < 4.78 is 8.01. The second kappa shape index (κ2) is 5.66. The lowest BCUT2D eigenvalue weighted by Gasteiger charge is -2.13. The molecule has 1 saturated carbocycles. The summed E-state index contributed by atoms with van der Waals surface area (Å²) in [4.78, 5) is 8.59. The summed E-state index contributed by atoms with van der Waals surface area (Å²) in [6.45, 7) is 2.13. The number of nitrogens with zero attached hydrogens (tertiary/aromatic N) is 3. The van der Waals surface area contributed by atoms with Crippen molar-refractivity contribution in [2.24, 2.45) is 7.05 Å². The van der Waals surface area contributed by atoms with Gasteiger partial charge in [0.25, 0.3) is 0 Å². The molecular weight excluding hydrogens is 288 g/mol. The largest absolute Gasteiger partial charge is 0.439 e. The molecule has 0 aliphatic heterocycles. The molecule has 2 heterocycles. The fourth-order valence-electron chi connectivity index (χ4n) is 2.78. The van der Waals surface area contributed by atoms with Crippen molar-refractivity contribution in [3.05, 3.63) is 48.5 Å². The maximum Gasteiger partial charge on any atom is 0.222 e. The van der Waals surface area contributed by atoms with Gasteiger partial charge in [-0.25, -0.2) is 9.97 Å². The van der Waals surface area contributed by atoms with E-state index in [1.807, 2.05) is 31.4 Å². The molecule has 1 aromatic carbocycles. The minimum Gasteiger partial charge on any atom is -0.439 e. The van der Waals surface area contributed by atoms with Gasteiger partial charge in [0.2, 0.25) is 5.88 Å². The second-order valence-corrected chi connectivity index (χ2v) is 6.19. The van der Waals surface area contributed by atoms with Gasteiger partial charge in [-0.2, -0.15) is 0 Å². The van der Waals surface area contributed by atoms with Crippen LogP contribution in [-0.2, 0) is 7.05 Å². The van der Waals surface area contributed by atoms with Crippen molar-refractivity contribution in [1.82, 2.24) is 19.9 Å². The van der Waals surface area contributed by atoms with Gasteiger partial charge < -0.3 is 14.6 Å². The second-order valence-electron chi connectivity index (χ2n) is 6.19. The van der Waals surface area contributed by atoms with E-state index in [2.05, 4.69) is 38.9 Å². The average molecular weight is 308 g/mol. The average Bonchev–Trinajstić information content (AvgIpc) is 3.30. The molecule has 1 aliphatic carbocycles. The van der Waals surface area contributed by atoms with Crippen LogP contribution in [0.1, 0.15) is 31.5 Å². The molecule has 1 atom stereocenters. The van der Waals surface area contributed by atoms with Crippen molar-refractivity contribution in [2.45, 2.75) is 31.8 Å². The summed E-state index contributed by atoms with van der Waals surface area (Å²) in [6, 6.07) is 10.9. The lowest BCUT2D eigenvalue weighted by atomic mass is 10.2. The van der Waals surface area contributed by atoms with Crippen molar-refractivity contribution in [3.63, 3.8) is 0 Å². The van der Waals surface area contributed by atoms with Crippen LogP contribution >= 0.6 is 0 Å². The molecular formula is C18H20N4O. The minimum absolute atomic E-state index is 0.212. The summed E-state index contributed by atoms with van der Waals surface area (Å²) in [5, 5.41) is 4.70. The molecule has 0 amide bonds. The summed E-state index contributed by atoms with van der Waals surface area (Å²) in [6.07, 6.45) is 6.13. The lowest BCUT2D eigenvalue weighted by molar-refractivity contribution is 0.457. The van der Waals surface area contributed by atoms with Crippen molar-refractivity contribution < 1.29 is 4.74 Å². The SMILES string of the molecule is CC(NC1CC1)c1cc(Oc2ccc3c(ccn3C)c2)ncn1. The molecule has 2 aromatic heterocycles. The first-order valence-corrected chi connectivity index (χ1v) is 8.00. The van der Waals surface area contributed by atoms with E-state index in [0.717, 1.165) is 16.8 Å². The Kier molecular flexibility index (Phi) is 3.50. The Hall–Kier alpha value is -2.40. The Labute approximate surface area is 135 Å². The number of nitrogens with one attached hydrogen (secondary N) is 1. The van der Waals surface area contributed by atoms with Crippen molar-refractivity contribution in [1.29, 1.82) is 0 Å². The van der Waals surface area contributed by atoms with Gasteiger partial charge in [0.15, 0.2) is 0 Å². The van der Waals surface area contributed by atoms with E-state index >= 15 is 0 Å². The van der Waals surface area contributed by atoms with Crippen LogP contribution in [0.3, 0.4) is 0 Å². The number of benzene rings is 1. The van der Waals surface area contributed by atoms with Crippen LogP contribution in [0, 0.1) is 0 Å². The van der Waals surface area contributed by atoms with E-state index in [1.54, 1.807) is 6.33 Å². The van der Waals surface area contributed by atoms with Gasteiger partial charge in [0.05, 0.1) is 5.69 Å². The minimum atomic E-state index is 0.212. The van der Waals surface area contributed by atoms with E-state index in [0.29, 0.717) is 11.9 Å². The van der Waals surface area contributed by atoms with Crippen LogP contribution in [-0.4, -0.2) is 20.6 Å². The fourth-order valence-corrected chi connectivity index (χ4v) is 2.78. The van der Waals surface area contributed by atoms with Crippen LogP contribution in [0.2, 0.25) is 0 Å². The highest BCUT2D eigenvalue weighted by Crippen LogP contribution is 2.27. The van der Waals surface area contributed by atoms with Crippen molar-refractivity contribution in [2.75, 3.05) is 0 Å². The number of aryl methyl sites for hydroxylation is 1. The molecule has 1 fully saturated rings. The standard InChI is InChI=1S/C18H20N4O/c1-12(21-14-3-4-14)16-10-18(20-11-19-16)23-15-5-6-17-13(9-15)7-8-22(17)2/h5-12,14,21H,3-4H2,1-2H3. The number of rotatable bonds is 5. The number of hydrogen-bond acceptors (Lipinski definition) is 4. The van der Waals surface area contributed by atoms with Crippen molar-refractivity contribution in [3.8, 4) is 11.6 Å². The van der Waals surface area contributed by atoms with Gasteiger partial charge in [0.1, 0.15) is 12.1 Å². The van der Waals surface area contributed by atoms with E-state index in [1.165, 1.54) is 18.4 Å². The molecule has 5 nitrogen and oxygen atoms in total. The van der Waals surface area contributed by atoms with Gasteiger partial charge >= 0.3 is 0 Å². The van der Waals surface area contributed by atoms with Gasteiger partial charge in [-0.1, -0.05) is 0 Å². The maximum atomic E-state index is 5.92. The Morgan fingerprint density at radius 1 is 1.22 bits per heavy atom. The first-order valence-electron chi connectivity index (χ1n) is 8.00. The van der Waals surface area contributed by atoms with E-state index in [-0.39, 0.29) is 6.04 Å². The van der Waals surface area contributed by atoms with Gasteiger partial charge in [0, 0.05) is 42.3 Å². The predicted octanol–water partition coefficient (Wildman–Crippen LogP) is 3.57. The lowest BCUT2D eigenvalue weighted by Crippen LogP contribution is -2.21. The highest BCUT2D eigenvalue weighted by Gasteiger charge is 2.24. The number of hydrogen-bond donors (Lipinski definition) is 1. The molecule has 0 saturated heterocycles. The third-order valence-electron chi connectivity index (χ3n) is 4.25. The zero-order valence-corrected chi connectivity index (χ0v) is 13.4. The van der Waals surface area contributed by atoms with Crippen LogP contribution in [0.5, 0.6) is 11.6 Å². The number of aromatic nitrogens is 3. The topological polar surface area (TPSA) is 52.0 Å². The fraction of sp³-hybridized carbons (Fsp3) is 0.333. The highest BCUT2D eigenvalue weighted by atomic mass is 16.5. The Morgan fingerprint density at radius 2 is 2.09 bits per heavy atom. The monoisotopic (exact) mass is 308 g/mol. The van der Waals surface area contributed by atoms with Crippen LogP contribution < -0.4 is 10.1 Å². The zero-order valence-electron chi connectivity index (χ0n) is 13.4. The normalized spacial score (nSPS) is 15.7. The predicted molar refractivity (Wildman–Crippen MR) is 89.6 cm³/mol. The third kappa shape index (κ3) is 3.05. The number of ether oxygens (including phenoxy) is 1. The summed E-state index contributed by atoms with van der Waals surface area (Å²) in [5.74, 6) is 1.37. The van der Waals surface area contributed by atoms with Gasteiger partial charge in [-0.15, -0.1) is 0 Å². The molecule has 118 valence electrons. The Bertz CT molecular complexity index is 838. The zero-order chi connectivity index (χ0) is 15.8. The Morgan fingerprint density at radius 3 is 2.91 bits per heavy atom. The molecule has 4 rings (SSSR count). The first kappa shape index (κ1) is 14.2. The quantitative estimate of drug-likeness (QED) is 0.783. The summed E-state index contributed by atoms with van der Waals surface area (Å²) >= 11 is 0. The molecule has 23 heavy (non-hydrogen) atoms. The van der Waals surface area contributed by atoms with Gasteiger partial charge in [-0.05, 0) is 44.0 Å². The number of fused-ring (bicyclic) bond motifs is 1. The van der Waals surface area contributed by atoms with Crippen molar-refractivity contribution >= 4 is 10.9 Å². The Balaban J connectivity index is 1.54. The van der Waals surface area contributed by atoms with Gasteiger partial charge in [-0.3, -0.25) is 0 Å². The molecule has 1 unspecified atom stereocenters. The molecule has 0 spiro atoms. The summed E-state index contributed by atoms with van der Waals surface area (Å²) in [5.41, 5.74) is 2.14. The molecule has 1 aliphatic rings. The molecule has 3 aromatic rings. The van der Waals surface area contributed by atoms with Crippen LogP contribution in [0.25, 0.3) is 10.9 Å². The molecule has 1 N–H and O–H groups in total. The maximum absolute atomic E-state index is 5.92. The van der Waals surface area contributed by atoms with Crippen LogP contribution in [0.15, 0.2) is 42.9 Å². The third-order valence-corrected chi connectivity index (χ3v) is 4.25. The molecule has 5 heteroatoms. The smallest absolute Gasteiger partial charge is 0.222 e.